The number of ketones is 1. The average Bonchev–Trinajstić information content (AvgIpc) is 2.42. The first-order valence-corrected chi connectivity index (χ1v) is 4.49. The van der Waals surface area contributed by atoms with Gasteiger partial charge in [0, 0.05) is 6.07 Å². The molecule has 7 heteroatoms. The Morgan fingerprint density at radius 1 is 1.29 bits per heavy atom. The number of halogens is 2. The summed E-state index contributed by atoms with van der Waals surface area (Å²) in [5, 5.41) is 8.55. The van der Waals surface area contributed by atoms with Crippen molar-refractivity contribution in [3.8, 4) is 0 Å². The van der Waals surface area contributed by atoms with Crippen LogP contribution in [0.4, 0.5) is 14.5 Å². The highest BCUT2D eigenvalue weighted by Crippen LogP contribution is 2.31. The second kappa shape index (κ2) is 3.62. The molecule has 1 N–H and O–H groups in total. The minimum absolute atomic E-state index is 0.347. The van der Waals surface area contributed by atoms with E-state index in [1.54, 1.807) is 0 Å². The number of rotatable bonds is 2. The van der Waals surface area contributed by atoms with Gasteiger partial charge in [0.15, 0.2) is 0 Å². The third kappa shape index (κ3) is 1.65. The van der Waals surface area contributed by atoms with Crippen LogP contribution in [0.1, 0.15) is 10.4 Å². The molecule has 0 fully saturated rings. The van der Waals surface area contributed by atoms with E-state index in [0.29, 0.717) is 11.0 Å². The molecule has 1 aromatic rings. The molecule has 1 aromatic carbocycles. The molecule has 0 spiro atoms. The Bertz CT molecular complexity index is 555. The van der Waals surface area contributed by atoms with Crippen LogP contribution in [0.3, 0.4) is 0 Å². The fourth-order valence-corrected chi connectivity index (χ4v) is 1.63. The molecule has 0 saturated heterocycles. The highest BCUT2D eigenvalue weighted by atomic mass is 19.1. The van der Waals surface area contributed by atoms with E-state index in [-0.39, 0.29) is 5.69 Å². The molecule has 0 bridgehead atoms. The van der Waals surface area contributed by atoms with Crippen molar-refractivity contribution < 1.29 is 28.3 Å². The lowest BCUT2D eigenvalue weighted by Crippen LogP contribution is -2.34. The first kappa shape index (κ1) is 11.2. The number of hydrogen-bond acceptors (Lipinski definition) is 3. The summed E-state index contributed by atoms with van der Waals surface area (Å²) in [7, 11) is 0. The summed E-state index contributed by atoms with van der Waals surface area (Å²) in [6, 6.07) is 1.22. The van der Waals surface area contributed by atoms with Crippen LogP contribution in [0.2, 0.25) is 0 Å². The Labute approximate surface area is 93.3 Å². The maximum Gasteiger partial charge on any atom is 0.323 e. The number of fused-ring (bicyclic) bond motifs is 1. The van der Waals surface area contributed by atoms with Gasteiger partial charge in [-0.1, -0.05) is 0 Å². The summed E-state index contributed by atoms with van der Waals surface area (Å²) in [6.07, 6.45) is 0. The molecule has 0 atom stereocenters. The number of benzene rings is 1. The van der Waals surface area contributed by atoms with Crippen LogP contribution in [0.25, 0.3) is 0 Å². The second-order valence-corrected chi connectivity index (χ2v) is 3.40. The highest BCUT2D eigenvalue weighted by Gasteiger charge is 2.39. The summed E-state index contributed by atoms with van der Waals surface area (Å²) in [4.78, 5) is 33.8. The lowest BCUT2D eigenvalue weighted by atomic mass is 10.1. The van der Waals surface area contributed by atoms with E-state index in [1.807, 2.05) is 0 Å². The molecule has 0 aromatic heterocycles. The SMILES string of the molecule is O=C(O)CN1C(=O)C(=O)c2c(F)cc(F)cc21. The van der Waals surface area contributed by atoms with Crippen molar-refractivity contribution in [2.24, 2.45) is 0 Å². The van der Waals surface area contributed by atoms with Crippen LogP contribution in [0.15, 0.2) is 12.1 Å². The maximum absolute atomic E-state index is 13.3. The molecular weight excluding hydrogens is 236 g/mol. The minimum Gasteiger partial charge on any atom is -0.480 e. The Kier molecular flexibility index (Phi) is 2.38. The molecule has 1 aliphatic heterocycles. The number of nitrogens with zero attached hydrogens (tertiary/aromatic N) is 1. The van der Waals surface area contributed by atoms with Gasteiger partial charge in [0.05, 0.1) is 11.3 Å². The number of aliphatic carboxylic acids is 1. The molecule has 5 nitrogen and oxygen atoms in total. The first-order valence-electron chi connectivity index (χ1n) is 4.49. The van der Waals surface area contributed by atoms with E-state index in [1.165, 1.54) is 0 Å². The van der Waals surface area contributed by atoms with E-state index in [9.17, 15) is 23.2 Å². The van der Waals surface area contributed by atoms with Crippen LogP contribution >= 0.6 is 0 Å². The lowest BCUT2D eigenvalue weighted by Gasteiger charge is -2.13. The number of carbonyl (C=O) groups excluding carboxylic acids is 2. The molecule has 1 heterocycles. The smallest absolute Gasteiger partial charge is 0.323 e. The quantitative estimate of drug-likeness (QED) is 0.768. The van der Waals surface area contributed by atoms with E-state index in [2.05, 4.69) is 0 Å². The van der Waals surface area contributed by atoms with Gasteiger partial charge in [-0.15, -0.1) is 0 Å². The van der Waals surface area contributed by atoms with Gasteiger partial charge in [-0.2, -0.15) is 0 Å². The fourth-order valence-electron chi connectivity index (χ4n) is 1.63. The Hall–Kier alpha value is -2.31. The van der Waals surface area contributed by atoms with E-state index < -0.39 is 41.4 Å². The average molecular weight is 241 g/mol. The number of amides is 1. The molecular formula is C10H5F2NO4. The third-order valence-electron chi connectivity index (χ3n) is 2.28. The van der Waals surface area contributed by atoms with E-state index in [4.69, 9.17) is 5.11 Å². The van der Waals surface area contributed by atoms with Crippen LogP contribution in [0.5, 0.6) is 0 Å². The first-order chi connectivity index (χ1) is 7.91. The van der Waals surface area contributed by atoms with Crippen LogP contribution in [-0.2, 0) is 9.59 Å². The molecule has 1 amide bonds. The predicted octanol–water partition coefficient (Wildman–Crippen LogP) is 0.579. The molecule has 1 aliphatic rings. The number of hydrogen-bond donors (Lipinski definition) is 1. The Morgan fingerprint density at radius 3 is 2.53 bits per heavy atom. The van der Waals surface area contributed by atoms with Crippen molar-refractivity contribution in [2.75, 3.05) is 11.4 Å². The molecule has 88 valence electrons. The van der Waals surface area contributed by atoms with Gasteiger partial charge in [0.25, 0.3) is 11.7 Å². The summed E-state index contributed by atoms with van der Waals surface area (Å²) in [5.41, 5.74) is -0.933. The maximum atomic E-state index is 13.3. The monoisotopic (exact) mass is 241 g/mol. The van der Waals surface area contributed by atoms with Gasteiger partial charge in [-0.05, 0) is 6.07 Å². The molecule has 0 unspecified atom stereocenters. The standard InChI is InChI=1S/C10H5F2NO4/c11-4-1-5(12)8-6(2-4)13(3-7(14)15)10(17)9(8)16/h1-2H,3H2,(H,14,15). The predicted molar refractivity (Wildman–Crippen MR) is 50.7 cm³/mol. The number of Topliss-reactive ketones (excluding diaryl/α,β-unsaturated/α-hetero) is 1. The van der Waals surface area contributed by atoms with Crippen molar-refractivity contribution in [1.82, 2.24) is 0 Å². The minimum atomic E-state index is -1.39. The van der Waals surface area contributed by atoms with Crippen molar-refractivity contribution in [2.45, 2.75) is 0 Å². The summed E-state index contributed by atoms with van der Waals surface area (Å²) in [5.74, 6) is -5.89. The van der Waals surface area contributed by atoms with Crippen molar-refractivity contribution in [3.63, 3.8) is 0 Å². The van der Waals surface area contributed by atoms with Gasteiger partial charge >= 0.3 is 5.97 Å². The molecule has 0 aliphatic carbocycles. The van der Waals surface area contributed by atoms with Gasteiger partial charge < -0.3 is 5.11 Å². The van der Waals surface area contributed by atoms with Crippen LogP contribution in [-0.4, -0.2) is 29.3 Å². The number of anilines is 1. The lowest BCUT2D eigenvalue weighted by molar-refractivity contribution is -0.136. The highest BCUT2D eigenvalue weighted by molar-refractivity contribution is 6.52. The molecule has 2 rings (SSSR count). The van der Waals surface area contributed by atoms with Gasteiger partial charge in [0.1, 0.15) is 18.2 Å². The summed E-state index contributed by atoms with van der Waals surface area (Å²) < 4.78 is 26.3. The van der Waals surface area contributed by atoms with Crippen LogP contribution < -0.4 is 4.90 Å². The van der Waals surface area contributed by atoms with E-state index >= 15 is 0 Å². The molecule has 17 heavy (non-hydrogen) atoms. The second-order valence-electron chi connectivity index (χ2n) is 3.40. The fraction of sp³-hybridized carbons (Fsp3) is 0.100. The topological polar surface area (TPSA) is 74.7 Å². The van der Waals surface area contributed by atoms with Crippen molar-refractivity contribution >= 4 is 23.3 Å². The molecule has 0 saturated carbocycles. The Balaban J connectivity index is 2.59. The van der Waals surface area contributed by atoms with Crippen molar-refractivity contribution in [3.05, 3.63) is 29.3 Å². The number of carboxylic acid groups (broad SMARTS) is 1. The summed E-state index contributed by atoms with van der Waals surface area (Å²) in [6.45, 7) is -0.819. The van der Waals surface area contributed by atoms with Crippen LogP contribution in [0, 0.1) is 11.6 Å². The zero-order valence-corrected chi connectivity index (χ0v) is 8.24. The van der Waals surface area contributed by atoms with Gasteiger partial charge in [-0.3, -0.25) is 19.3 Å². The zero-order valence-electron chi connectivity index (χ0n) is 8.24. The third-order valence-corrected chi connectivity index (χ3v) is 2.28. The molecule has 0 radical (unpaired) electrons. The Morgan fingerprint density at radius 2 is 1.94 bits per heavy atom. The van der Waals surface area contributed by atoms with E-state index in [0.717, 1.165) is 6.07 Å². The number of carboxylic acids is 1. The summed E-state index contributed by atoms with van der Waals surface area (Å²) >= 11 is 0. The van der Waals surface area contributed by atoms with Crippen molar-refractivity contribution in [1.29, 1.82) is 0 Å². The van der Waals surface area contributed by atoms with Gasteiger partial charge in [0.2, 0.25) is 0 Å². The normalized spacial score (nSPS) is 14.1. The number of carbonyl (C=O) groups is 3. The zero-order chi connectivity index (χ0) is 12.7. The van der Waals surface area contributed by atoms with Gasteiger partial charge in [-0.25, -0.2) is 8.78 Å². The largest absolute Gasteiger partial charge is 0.480 e.